The van der Waals surface area contributed by atoms with Crippen molar-refractivity contribution in [2.75, 3.05) is 13.2 Å². The Morgan fingerprint density at radius 3 is 2.56 bits per heavy atom. The molecular weight excluding hydrogens is 508 g/mol. The van der Waals surface area contributed by atoms with Crippen LogP contribution in [0.1, 0.15) is 58.3 Å². The van der Waals surface area contributed by atoms with E-state index in [0.29, 0.717) is 38.7 Å². The van der Waals surface area contributed by atoms with E-state index < -0.39 is 53.7 Å². The normalized spacial score (nSPS) is 51.2. The van der Waals surface area contributed by atoms with E-state index in [4.69, 9.17) is 14.2 Å². The van der Waals surface area contributed by atoms with Crippen molar-refractivity contribution in [3.63, 3.8) is 0 Å². The number of ether oxygens (including phenoxy) is 3. The summed E-state index contributed by atoms with van der Waals surface area (Å²) in [7, 11) is 0. The highest BCUT2D eigenvalue weighted by Crippen LogP contribution is 2.68. The molecule has 1 saturated heterocycles. The largest absolute Gasteiger partial charge is 0.458 e. The van der Waals surface area contributed by atoms with Gasteiger partial charge in [-0.2, -0.15) is 0 Å². The maximum Gasteiger partial charge on any atom is 0.331 e. The first kappa shape index (κ1) is 27.5. The van der Waals surface area contributed by atoms with E-state index in [-0.39, 0.29) is 29.8 Å². The number of hydrogen-bond acceptors (Lipinski definition) is 10. The SMILES string of the molecule is C[C@]12CC[C@H]3[C@@H](CC=C4C[C@@H](O[C@@H]5O[C@H](CO)[C@@H](O)[C@H](O)[C@H]5O)CC[C@@]43C=O)[C@@]1(O)CC[C@@H]2C1=CC(=O)OC1. The molecule has 0 unspecified atom stereocenters. The summed E-state index contributed by atoms with van der Waals surface area (Å²) < 4.78 is 16.8. The smallest absolute Gasteiger partial charge is 0.331 e. The molecule has 10 nitrogen and oxygen atoms in total. The van der Waals surface area contributed by atoms with Crippen LogP contribution in [0.25, 0.3) is 0 Å². The number of aliphatic hydroxyl groups is 5. The second-order valence-corrected chi connectivity index (χ2v) is 12.8. The minimum absolute atomic E-state index is 0.00419. The first-order chi connectivity index (χ1) is 18.6. The van der Waals surface area contributed by atoms with E-state index in [0.717, 1.165) is 36.7 Å². The van der Waals surface area contributed by atoms with Crippen LogP contribution in [0.15, 0.2) is 23.3 Å². The molecule has 12 atom stereocenters. The van der Waals surface area contributed by atoms with Crippen LogP contribution in [0.5, 0.6) is 0 Å². The Morgan fingerprint density at radius 1 is 1.08 bits per heavy atom. The van der Waals surface area contributed by atoms with Crippen molar-refractivity contribution >= 4 is 12.3 Å². The lowest BCUT2D eigenvalue weighted by molar-refractivity contribution is -0.313. The molecular formula is C29H40O10. The van der Waals surface area contributed by atoms with Crippen LogP contribution in [0, 0.1) is 28.6 Å². The maximum absolute atomic E-state index is 12.9. The molecule has 0 aromatic heterocycles. The molecule has 0 spiro atoms. The van der Waals surface area contributed by atoms with E-state index in [1.807, 2.05) is 0 Å². The summed E-state index contributed by atoms with van der Waals surface area (Å²) in [5.74, 6) is -0.312. The van der Waals surface area contributed by atoms with Crippen molar-refractivity contribution in [1.29, 1.82) is 0 Å². The van der Waals surface area contributed by atoms with Gasteiger partial charge in [-0.3, -0.25) is 0 Å². The molecule has 0 aromatic rings. The first-order valence-corrected chi connectivity index (χ1v) is 14.3. The average molecular weight is 549 g/mol. The van der Waals surface area contributed by atoms with E-state index in [9.17, 15) is 35.1 Å². The predicted molar refractivity (Wildman–Crippen MR) is 135 cm³/mol. The zero-order valence-corrected chi connectivity index (χ0v) is 22.3. The van der Waals surface area contributed by atoms with Gasteiger partial charge < -0.3 is 44.5 Å². The van der Waals surface area contributed by atoms with Crippen LogP contribution in [0.4, 0.5) is 0 Å². The van der Waals surface area contributed by atoms with E-state index >= 15 is 0 Å². The number of cyclic esters (lactones) is 1. The number of esters is 1. The third-order valence-corrected chi connectivity index (χ3v) is 11.4. The monoisotopic (exact) mass is 548 g/mol. The zero-order valence-electron chi connectivity index (χ0n) is 22.3. The Labute approximate surface area is 227 Å². The van der Waals surface area contributed by atoms with Gasteiger partial charge in [-0.1, -0.05) is 18.6 Å². The summed E-state index contributed by atoms with van der Waals surface area (Å²) in [6.45, 7) is 1.91. The highest BCUT2D eigenvalue weighted by Gasteiger charge is 2.67. The van der Waals surface area contributed by atoms with Crippen LogP contribution < -0.4 is 0 Å². The molecule has 5 N–H and O–H groups in total. The van der Waals surface area contributed by atoms with Gasteiger partial charge in [-0.15, -0.1) is 0 Å². The highest BCUT2D eigenvalue weighted by molar-refractivity contribution is 5.85. The number of rotatable bonds is 5. The fourth-order valence-electron chi connectivity index (χ4n) is 9.19. The molecule has 6 rings (SSSR count). The molecule has 2 heterocycles. The van der Waals surface area contributed by atoms with Crippen molar-refractivity contribution in [3.8, 4) is 0 Å². The average Bonchev–Trinajstić information content (AvgIpc) is 3.48. The molecule has 39 heavy (non-hydrogen) atoms. The van der Waals surface area contributed by atoms with Gasteiger partial charge in [0.25, 0.3) is 0 Å². The number of carbonyl (C=O) groups excluding carboxylic acids is 2. The summed E-state index contributed by atoms with van der Waals surface area (Å²) in [5, 5.41) is 52.4. The number of hydrogen-bond donors (Lipinski definition) is 5. The Kier molecular flexibility index (Phi) is 6.85. The van der Waals surface area contributed by atoms with Gasteiger partial charge in [0.15, 0.2) is 6.29 Å². The van der Waals surface area contributed by atoms with Crippen LogP contribution in [0.2, 0.25) is 0 Å². The third-order valence-electron chi connectivity index (χ3n) is 11.4. The van der Waals surface area contributed by atoms with Gasteiger partial charge >= 0.3 is 5.97 Å². The minimum atomic E-state index is -1.51. The lowest BCUT2D eigenvalue weighted by Crippen LogP contribution is -2.62. The lowest BCUT2D eigenvalue weighted by atomic mass is 9.45. The third kappa shape index (κ3) is 3.94. The second-order valence-electron chi connectivity index (χ2n) is 12.8. The lowest BCUT2D eigenvalue weighted by Gasteiger charge is -2.60. The summed E-state index contributed by atoms with van der Waals surface area (Å²) in [6.07, 6.45) is 2.85. The molecule has 216 valence electrons. The number of aliphatic hydroxyl groups excluding tert-OH is 4. The van der Waals surface area contributed by atoms with Gasteiger partial charge in [-0.05, 0) is 74.7 Å². The molecule has 4 fully saturated rings. The van der Waals surface area contributed by atoms with E-state index in [2.05, 4.69) is 13.0 Å². The number of aldehydes is 1. The van der Waals surface area contributed by atoms with Gasteiger partial charge in [-0.25, -0.2) is 4.79 Å². The molecule has 2 aliphatic heterocycles. The minimum Gasteiger partial charge on any atom is -0.458 e. The Bertz CT molecular complexity index is 1070. The maximum atomic E-state index is 12.9. The van der Waals surface area contributed by atoms with Crippen molar-refractivity contribution in [1.82, 2.24) is 0 Å². The van der Waals surface area contributed by atoms with Crippen LogP contribution >= 0.6 is 0 Å². The molecule has 6 aliphatic rings. The van der Waals surface area contributed by atoms with Gasteiger partial charge in [0.2, 0.25) is 0 Å². The fraction of sp³-hybridized carbons (Fsp3) is 0.793. The van der Waals surface area contributed by atoms with Crippen LogP contribution in [0.3, 0.4) is 0 Å². The molecule has 4 aliphatic carbocycles. The van der Waals surface area contributed by atoms with Gasteiger partial charge in [0, 0.05) is 11.5 Å². The van der Waals surface area contributed by atoms with Gasteiger partial charge in [0.1, 0.15) is 37.3 Å². The topological polar surface area (TPSA) is 163 Å². The Hall–Kier alpha value is -1.66. The number of carbonyl (C=O) groups is 2. The summed E-state index contributed by atoms with van der Waals surface area (Å²) in [6, 6.07) is 0. The van der Waals surface area contributed by atoms with E-state index in [1.54, 1.807) is 6.08 Å². The van der Waals surface area contributed by atoms with Crippen molar-refractivity contribution in [2.45, 2.75) is 101 Å². The van der Waals surface area contributed by atoms with Crippen molar-refractivity contribution < 1.29 is 49.3 Å². The zero-order chi connectivity index (χ0) is 27.7. The molecule has 0 aromatic carbocycles. The van der Waals surface area contributed by atoms with Crippen molar-refractivity contribution in [3.05, 3.63) is 23.3 Å². The number of fused-ring (bicyclic) bond motifs is 5. The summed E-state index contributed by atoms with van der Waals surface area (Å²) >= 11 is 0. The van der Waals surface area contributed by atoms with E-state index in [1.165, 1.54) is 0 Å². The van der Waals surface area contributed by atoms with Gasteiger partial charge in [0.05, 0.1) is 23.7 Å². The van der Waals surface area contributed by atoms with Crippen LogP contribution in [-0.4, -0.2) is 93.4 Å². The molecule has 10 heteroatoms. The molecule has 0 bridgehead atoms. The Morgan fingerprint density at radius 2 is 1.87 bits per heavy atom. The summed E-state index contributed by atoms with van der Waals surface area (Å²) in [4.78, 5) is 24.7. The summed E-state index contributed by atoms with van der Waals surface area (Å²) in [5.41, 5.74) is -0.0839. The first-order valence-electron chi connectivity index (χ1n) is 14.3. The molecule has 0 amide bonds. The van der Waals surface area contributed by atoms with Crippen molar-refractivity contribution in [2.24, 2.45) is 28.6 Å². The standard InChI is InChI=1S/C29H40O10/c1-27-7-5-19-20(29(27,36)9-6-18(27)15-10-22(32)37-13-15)3-2-16-11-17(4-8-28(16,19)14-31)38-26-25(35)24(34)23(33)21(12-30)39-26/h2,10,14,17-21,23-26,30,33-36H,3-9,11-13H2,1H3/t17-,18+,19-,20+,21+,23+,24-,25+,26+,27+,28+,29-/m0/s1. The molecule has 0 radical (unpaired) electrons. The second kappa shape index (κ2) is 9.72. The quantitative estimate of drug-likeness (QED) is 0.186. The number of allylic oxidation sites excluding steroid dienone is 1. The highest BCUT2D eigenvalue weighted by atomic mass is 16.7. The van der Waals surface area contributed by atoms with Crippen LogP contribution in [-0.2, 0) is 23.8 Å². The fourth-order valence-corrected chi connectivity index (χ4v) is 9.19. The Balaban J connectivity index is 1.22. The molecule has 3 saturated carbocycles. The predicted octanol–water partition coefficient (Wildman–Crippen LogP) is 0.528.